The highest BCUT2D eigenvalue weighted by Crippen LogP contribution is 2.28. The second-order valence-electron chi connectivity index (χ2n) is 4.46. The van der Waals surface area contributed by atoms with Crippen molar-refractivity contribution in [2.75, 3.05) is 12.3 Å². The molecule has 1 atom stereocenters. The molecule has 1 aliphatic rings. The molecule has 18 heavy (non-hydrogen) atoms. The first-order chi connectivity index (χ1) is 8.24. The highest BCUT2D eigenvalue weighted by atomic mass is 35.5. The molecule has 4 nitrogen and oxygen atoms in total. The molecule has 1 aromatic carbocycles. The van der Waals surface area contributed by atoms with Crippen molar-refractivity contribution in [1.29, 1.82) is 0 Å². The van der Waals surface area contributed by atoms with Gasteiger partial charge in [-0.2, -0.15) is 0 Å². The zero-order chi connectivity index (χ0) is 12.3. The lowest BCUT2D eigenvalue weighted by molar-refractivity contribution is 0.209. The Morgan fingerprint density at radius 3 is 2.72 bits per heavy atom. The van der Waals surface area contributed by atoms with E-state index in [0.29, 0.717) is 17.4 Å². The monoisotopic (exact) mass is 267 g/mol. The van der Waals surface area contributed by atoms with Crippen LogP contribution in [0, 0.1) is 6.57 Å². The van der Waals surface area contributed by atoms with E-state index in [1.54, 1.807) is 12.1 Å². The Morgan fingerprint density at radius 1 is 1.50 bits per heavy atom. The third-order valence-corrected chi connectivity index (χ3v) is 3.30. The van der Waals surface area contributed by atoms with E-state index >= 15 is 0 Å². The van der Waals surface area contributed by atoms with Crippen LogP contribution in [-0.4, -0.2) is 17.8 Å². The van der Waals surface area contributed by atoms with Gasteiger partial charge in [0, 0.05) is 11.7 Å². The number of benzene rings is 1. The number of nitrogens with one attached hydrogen (secondary N) is 1. The number of halogens is 1. The van der Waals surface area contributed by atoms with E-state index in [9.17, 15) is 5.11 Å². The van der Waals surface area contributed by atoms with Crippen LogP contribution in [0.25, 0.3) is 4.85 Å². The Balaban J connectivity index is 0.00000162. The average Bonchev–Trinajstić information content (AvgIpc) is 2.29. The molecule has 1 aromatic rings. The molecule has 1 saturated carbocycles. The number of hydrogen-bond donors (Lipinski definition) is 3. The highest BCUT2D eigenvalue weighted by molar-refractivity contribution is 5.85. The second kappa shape index (κ2) is 6.60. The molecule has 0 spiro atoms. The van der Waals surface area contributed by atoms with E-state index in [1.165, 1.54) is 19.3 Å². The molecule has 0 radical (unpaired) electrons. The quantitative estimate of drug-likeness (QED) is 0.580. The van der Waals surface area contributed by atoms with Gasteiger partial charge in [-0.1, -0.05) is 12.5 Å². The number of anilines is 1. The molecule has 0 heterocycles. The van der Waals surface area contributed by atoms with Crippen LogP contribution in [0.1, 0.15) is 30.9 Å². The first-order valence-electron chi connectivity index (χ1n) is 5.88. The summed E-state index contributed by atoms with van der Waals surface area (Å²) in [5.41, 5.74) is 7.56. The van der Waals surface area contributed by atoms with Gasteiger partial charge in [-0.05, 0) is 30.5 Å². The zero-order valence-corrected chi connectivity index (χ0v) is 10.9. The second-order valence-corrected chi connectivity index (χ2v) is 4.46. The molecule has 0 bridgehead atoms. The van der Waals surface area contributed by atoms with Crippen molar-refractivity contribution in [3.8, 4) is 0 Å². The number of nitrogen functional groups attached to an aromatic ring is 1. The normalized spacial score (nSPS) is 16.2. The van der Waals surface area contributed by atoms with E-state index in [1.807, 2.05) is 6.07 Å². The average molecular weight is 268 g/mol. The van der Waals surface area contributed by atoms with Gasteiger partial charge in [-0.15, -0.1) is 12.4 Å². The van der Waals surface area contributed by atoms with Gasteiger partial charge in [0.2, 0.25) is 5.69 Å². The molecule has 98 valence electrons. The van der Waals surface area contributed by atoms with E-state index in [0.717, 1.165) is 5.56 Å². The fourth-order valence-electron chi connectivity index (χ4n) is 1.99. The Bertz CT molecular complexity index is 440. The lowest BCUT2D eigenvalue weighted by atomic mass is 9.91. The van der Waals surface area contributed by atoms with Crippen LogP contribution in [0.4, 0.5) is 11.4 Å². The molecule has 1 aliphatic carbocycles. The number of rotatable bonds is 4. The number of nitrogens with zero attached hydrogens (tertiary/aromatic N) is 1. The minimum absolute atomic E-state index is 0. The summed E-state index contributed by atoms with van der Waals surface area (Å²) in [5, 5.41) is 12.8. The van der Waals surface area contributed by atoms with Crippen molar-refractivity contribution < 1.29 is 5.11 Å². The molecule has 0 amide bonds. The fraction of sp³-hybridized carbons (Fsp3) is 0.462. The molecule has 4 N–H and O–H groups in total. The SMILES string of the molecule is Cl.[C-]#[N+]c1cc(C(CO)NC2CCC2)ccc1N. The van der Waals surface area contributed by atoms with Gasteiger partial charge >= 0.3 is 0 Å². The lowest BCUT2D eigenvalue weighted by Gasteiger charge is -2.31. The summed E-state index contributed by atoms with van der Waals surface area (Å²) in [4.78, 5) is 3.38. The summed E-state index contributed by atoms with van der Waals surface area (Å²) in [6.45, 7) is 7.07. The Labute approximate surface area is 113 Å². The van der Waals surface area contributed by atoms with Gasteiger partial charge in [-0.3, -0.25) is 0 Å². The number of aliphatic hydroxyl groups excluding tert-OH is 1. The molecule has 5 heteroatoms. The molecular formula is C13H18ClN3O. The lowest BCUT2D eigenvalue weighted by Crippen LogP contribution is -2.39. The number of aliphatic hydroxyl groups is 1. The zero-order valence-electron chi connectivity index (χ0n) is 10.1. The largest absolute Gasteiger partial charge is 0.407 e. The summed E-state index contributed by atoms with van der Waals surface area (Å²) in [6, 6.07) is 5.77. The van der Waals surface area contributed by atoms with Gasteiger partial charge in [0.25, 0.3) is 0 Å². The summed E-state index contributed by atoms with van der Waals surface area (Å²) in [7, 11) is 0. The molecule has 2 rings (SSSR count). The van der Waals surface area contributed by atoms with Crippen LogP contribution < -0.4 is 11.1 Å². The van der Waals surface area contributed by atoms with Crippen LogP contribution in [0.15, 0.2) is 18.2 Å². The fourth-order valence-corrected chi connectivity index (χ4v) is 1.99. The van der Waals surface area contributed by atoms with Gasteiger partial charge in [0.15, 0.2) is 0 Å². The Kier molecular flexibility index (Phi) is 5.42. The molecule has 1 unspecified atom stereocenters. The molecule has 0 saturated heterocycles. The Morgan fingerprint density at radius 2 is 2.22 bits per heavy atom. The first-order valence-corrected chi connectivity index (χ1v) is 5.88. The predicted molar refractivity (Wildman–Crippen MR) is 75.0 cm³/mol. The first kappa shape index (κ1) is 14.8. The van der Waals surface area contributed by atoms with Gasteiger partial charge in [0.1, 0.15) is 0 Å². The minimum Gasteiger partial charge on any atom is -0.407 e. The standard InChI is InChI=1S/C13H17N3O.ClH/c1-15-12-7-9(5-6-11(12)14)13(8-17)16-10-3-2-4-10;/h5-7,10,13,16-17H,2-4,8,14H2;1H. The smallest absolute Gasteiger partial charge is 0.209 e. The van der Waals surface area contributed by atoms with Crippen LogP contribution >= 0.6 is 12.4 Å². The Hall–Kier alpha value is -1.28. The third-order valence-electron chi connectivity index (χ3n) is 3.30. The van der Waals surface area contributed by atoms with Gasteiger partial charge in [0.05, 0.1) is 19.2 Å². The summed E-state index contributed by atoms with van der Waals surface area (Å²) >= 11 is 0. The van der Waals surface area contributed by atoms with Crippen molar-refractivity contribution in [2.45, 2.75) is 31.3 Å². The van der Waals surface area contributed by atoms with Gasteiger partial charge in [-0.25, -0.2) is 4.85 Å². The molecule has 0 aromatic heterocycles. The summed E-state index contributed by atoms with van der Waals surface area (Å²) in [6.07, 6.45) is 3.59. The maximum atomic E-state index is 9.41. The van der Waals surface area contributed by atoms with Crippen molar-refractivity contribution >= 4 is 23.8 Å². The predicted octanol–water partition coefficient (Wildman–Crippen LogP) is 2.42. The van der Waals surface area contributed by atoms with E-state index in [4.69, 9.17) is 12.3 Å². The summed E-state index contributed by atoms with van der Waals surface area (Å²) in [5.74, 6) is 0. The number of hydrogen-bond acceptors (Lipinski definition) is 3. The molecular weight excluding hydrogens is 250 g/mol. The maximum absolute atomic E-state index is 9.41. The van der Waals surface area contributed by atoms with Crippen molar-refractivity contribution in [3.05, 3.63) is 35.2 Å². The van der Waals surface area contributed by atoms with Crippen molar-refractivity contribution in [2.24, 2.45) is 0 Å². The molecule has 1 fully saturated rings. The van der Waals surface area contributed by atoms with Crippen LogP contribution in [0.3, 0.4) is 0 Å². The number of nitrogens with two attached hydrogens (primary N) is 1. The van der Waals surface area contributed by atoms with Crippen LogP contribution in [0.2, 0.25) is 0 Å². The van der Waals surface area contributed by atoms with E-state index in [2.05, 4.69) is 10.2 Å². The third kappa shape index (κ3) is 3.14. The van der Waals surface area contributed by atoms with Crippen LogP contribution in [0.5, 0.6) is 0 Å². The summed E-state index contributed by atoms with van der Waals surface area (Å²) < 4.78 is 0. The van der Waals surface area contributed by atoms with E-state index < -0.39 is 0 Å². The van der Waals surface area contributed by atoms with Crippen molar-refractivity contribution in [1.82, 2.24) is 5.32 Å². The highest BCUT2D eigenvalue weighted by Gasteiger charge is 2.21. The topological polar surface area (TPSA) is 62.6 Å². The molecule has 0 aliphatic heterocycles. The maximum Gasteiger partial charge on any atom is 0.209 e. The van der Waals surface area contributed by atoms with E-state index in [-0.39, 0.29) is 25.1 Å². The van der Waals surface area contributed by atoms with Crippen molar-refractivity contribution in [3.63, 3.8) is 0 Å². The van der Waals surface area contributed by atoms with Crippen LogP contribution in [-0.2, 0) is 0 Å². The minimum atomic E-state index is -0.0959. The van der Waals surface area contributed by atoms with Gasteiger partial charge < -0.3 is 16.2 Å².